The highest BCUT2D eigenvalue weighted by Crippen LogP contribution is 2.29. The van der Waals surface area contributed by atoms with Gasteiger partial charge in [0, 0.05) is 5.69 Å². The summed E-state index contributed by atoms with van der Waals surface area (Å²) in [6.45, 7) is 6.22. The number of anilines is 1. The summed E-state index contributed by atoms with van der Waals surface area (Å²) in [6, 6.07) is 4.96. The summed E-state index contributed by atoms with van der Waals surface area (Å²) in [4.78, 5) is 31.0. The van der Waals surface area contributed by atoms with Gasteiger partial charge in [-0.1, -0.05) is 25.4 Å². The van der Waals surface area contributed by atoms with Crippen LogP contribution in [0.4, 0.5) is 5.69 Å². The standard InChI is InChI=1S/C18H18ClN3O4/c1-9(2)7-25-13-5-4-11(6-12(13)19)22-17(24)14-10(3)26-18-15(14)16(23)20-8-21-18/h4-6,8-9H,7H2,1-3H3,(H,22,24)(H,20,21,23). The highest BCUT2D eigenvalue weighted by Gasteiger charge is 2.22. The third-order valence-electron chi connectivity index (χ3n) is 3.66. The molecule has 0 saturated carbocycles. The van der Waals surface area contributed by atoms with Crippen LogP contribution in [0.5, 0.6) is 5.75 Å². The van der Waals surface area contributed by atoms with Crippen molar-refractivity contribution in [1.29, 1.82) is 0 Å². The first-order valence-corrected chi connectivity index (χ1v) is 8.45. The molecule has 0 aliphatic carbocycles. The van der Waals surface area contributed by atoms with E-state index in [4.69, 9.17) is 20.8 Å². The number of furan rings is 1. The van der Waals surface area contributed by atoms with E-state index in [0.29, 0.717) is 34.7 Å². The molecular weight excluding hydrogens is 358 g/mol. The van der Waals surface area contributed by atoms with E-state index >= 15 is 0 Å². The fourth-order valence-corrected chi connectivity index (χ4v) is 2.71. The Morgan fingerprint density at radius 2 is 2.19 bits per heavy atom. The molecule has 0 saturated heterocycles. The molecular formula is C18H18ClN3O4. The maximum absolute atomic E-state index is 12.6. The molecule has 2 heterocycles. The molecule has 136 valence electrons. The van der Waals surface area contributed by atoms with Crippen LogP contribution in [-0.2, 0) is 0 Å². The first-order valence-electron chi connectivity index (χ1n) is 8.07. The van der Waals surface area contributed by atoms with Gasteiger partial charge in [0.2, 0.25) is 5.71 Å². The van der Waals surface area contributed by atoms with Gasteiger partial charge in [0.25, 0.3) is 11.5 Å². The van der Waals surface area contributed by atoms with Crippen LogP contribution in [-0.4, -0.2) is 22.5 Å². The molecule has 0 fully saturated rings. The SMILES string of the molecule is Cc1oc2nc[nH]c(=O)c2c1C(=O)Nc1ccc(OCC(C)C)c(Cl)c1. The summed E-state index contributed by atoms with van der Waals surface area (Å²) in [5, 5.41) is 3.22. The number of halogens is 1. The minimum Gasteiger partial charge on any atom is -0.492 e. The number of benzene rings is 1. The van der Waals surface area contributed by atoms with Crippen molar-refractivity contribution in [3.8, 4) is 5.75 Å². The van der Waals surface area contributed by atoms with Gasteiger partial charge in [0.1, 0.15) is 16.9 Å². The molecule has 0 spiro atoms. The molecule has 3 aromatic rings. The predicted molar refractivity (Wildman–Crippen MR) is 99.1 cm³/mol. The summed E-state index contributed by atoms with van der Waals surface area (Å²) >= 11 is 6.21. The van der Waals surface area contributed by atoms with E-state index in [1.54, 1.807) is 25.1 Å². The van der Waals surface area contributed by atoms with Gasteiger partial charge in [-0.15, -0.1) is 0 Å². The number of fused-ring (bicyclic) bond motifs is 1. The Balaban J connectivity index is 1.86. The number of nitrogens with one attached hydrogen (secondary N) is 2. The van der Waals surface area contributed by atoms with Crippen molar-refractivity contribution in [2.24, 2.45) is 5.92 Å². The summed E-state index contributed by atoms with van der Waals surface area (Å²) in [6.07, 6.45) is 1.23. The lowest BCUT2D eigenvalue weighted by molar-refractivity contribution is 0.102. The van der Waals surface area contributed by atoms with E-state index in [0.717, 1.165) is 0 Å². The molecule has 0 aliphatic heterocycles. The number of hydrogen-bond donors (Lipinski definition) is 2. The summed E-state index contributed by atoms with van der Waals surface area (Å²) < 4.78 is 11.0. The quantitative estimate of drug-likeness (QED) is 0.707. The number of aromatic nitrogens is 2. The van der Waals surface area contributed by atoms with Gasteiger partial charge in [-0.2, -0.15) is 0 Å². The highest BCUT2D eigenvalue weighted by atomic mass is 35.5. The predicted octanol–water partition coefficient (Wildman–Crippen LogP) is 3.77. The van der Waals surface area contributed by atoms with E-state index in [-0.39, 0.29) is 16.7 Å². The van der Waals surface area contributed by atoms with E-state index in [9.17, 15) is 9.59 Å². The van der Waals surface area contributed by atoms with Crippen LogP contribution in [0.2, 0.25) is 5.02 Å². The molecule has 0 bridgehead atoms. The third-order valence-corrected chi connectivity index (χ3v) is 3.95. The van der Waals surface area contributed by atoms with Crippen LogP contribution >= 0.6 is 11.6 Å². The fourth-order valence-electron chi connectivity index (χ4n) is 2.47. The summed E-state index contributed by atoms with van der Waals surface area (Å²) in [7, 11) is 0. The number of carbonyl (C=O) groups excluding carboxylic acids is 1. The maximum atomic E-state index is 12.6. The number of carbonyl (C=O) groups is 1. The van der Waals surface area contributed by atoms with E-state index in [1.165, 1.54) is 6.33 Å². The van der Waals surface area contributed by atoms with Gasteiger partial charge >= 0.3 is 0 Å². The second kappa shape index (κ2) is 7.21. The second-order valence-corrected chi connectivity index (χ2v) is 6.66. The Hall–Kier alpha value is -2.80. The van der Waals surface area contributed by atoms with E-state index in [1.807, 2.05) is 13.8 Å². The van der Waals surface area contributed by atoms with Gasteiger partial charge in [-0.25, -0.2) is 4.98 Å². The Bertz CT molecular complexity index is 1020. The average molecular weight is 376 g/mol. The molecule has 1 aromatic carbocycles. The fraction of sp³-hybridized carbons (Fsp3) is 0.278. The molecule has 7 nitrogen and oxygen atoms in total. The number of amides is 1. The average Bonchev–Trinajstić information content (AvgIpc) is 2.91. The zero-order chi connectivity index (χ0) is 18.8. The van der Waals surface area contributed by atoms with Crippen LogP contribution in [0.15, 0.2) is 33.7 Å². The van der Waals surface area contributed by atoms with Crippen LogP contribution in [0.1, 0.15) is 30.0 Å². The highest BCUT2D eigenvalue weighted by molar-refractivity contribution is 6.32. The topological polar surface area (TPSA) is 97.2 Å². The summed E-state index contributed by atoms with van der Waals surface area (Å²) in [5.41, 5.74) is 0.302. The Kier molecular flexibility index (Phi) is 4.99. The molecule has 2 N–H and O–H groups in total. The number of ether oxygens (including phenoxy) is 1. The monoisotopic (exact) mass is 375 g/mol. The van der Waals surface area contributed by atoms with Crippen molar-refractivity contribution in [3.05, 3.63) is 51.2 Å². The molecule has 3 rings (SSSR count). The lowest BCUT2D eigenvalue weighted by atomic mass is 10.1. The Labute approximate surface area is 154 Å². The number of aromatic amines is 1. The number of H-pyrrole nitrogens is 1. The van der Waals surface area contributed by atoms with Crippen molar-refractivity contribution in [2.75, 3.05) is 11.9 Å². The van der Waals surface area contributed by atoms with Crippen molar-refractivity contribution in [2.45, 2.75) is 20.8 Å². The van der Waals surface area contributed by atoms with Gasteiger partial charge < -0.3 is 19.5 Å². The summed E-state index contributed by atoms with van der Waals surface area (Å²) in [5.74, 6) is 0.745. The van der Waals surface area contributed by atoms with Crippen molar-refractivity contribution in [1.82, 2.24) is 9.97 Å². The third kappa shape index (κ3) is 3.57. The molecule has 2 aromatic heterocycles. The molecule has 0 atom stereocenters. The first kappa shape index (κ1) is 18.0. The molecule has 0 aliphatic rings. The van der Waals surface area contributed by atoms with E-state index in [2.05, 4.69) is 15.3 Å². The van der Waals surface area contributed by atoms with Crippen molar-refractivity contribution < 1.29 is 13.9 Å². The zero-order valence-electron chi connectivity index (χ0n) is 14.6. The number of rotatable bonds is 5. The number of aryl methyl sites for hydroxylation is 1. The second-order valence-electron chi connectivity index (χ2n) is 6.25. The van der Waals surface area contributed by atoms with Crippen LogP contribution in [0.3, 0.4) is 0 Å². The van der Waals surface area contributed by atoms with Crippen LogP contribution < -0.4 is 15.6 Å². The van der Waals surface area contributed by atoms with Gasteiger partial charge in [0.15, 0.2) is 0 Å². The maximum Gasteiger partial charge on any atom is 0.262 e. The molecule has 26 heavy (non-hydrogen) atoms. The first-order chi connectivity index (χ1) is 12.4. The van der Waals surface area contributed by atoms with E-state index < -0.39 is 11.5 Å². The number of hydrogen-bond acceptors (Lipinski definition) is 5. The smallest absolute Gasteiger partial charge is 0.262 e. The lowest BCUT2D eigenvalue weighted by Gasteiger charge is -2.11. The largest absolute Gasteiger partial charge is 0.492 e. The minimum absolute atomic E-state index is 0.116. The molecule has 1 amide bonds. The Morgan fingerprint density at radius 1 is 1.42 bits per heavy atom. The lowest BCUT2D eigenvalue weighted by Crippen LogP contribution is -2.16. The normalized spacial score (nSPS) is 11.1. The molecule has 8 heteroatoms. The molecule has 0 unspecified atom stereocenters. The van der Waals surface area contributed by atoms with Gasteiger partial charge in [-0.05, 0) is 31.0 Å². The van der Waals surface area contributed by atoms with Gasteiger partial charge in [-0.3, -0.25) is 9.59 Å². The molecule has 0 radical (unpaired) electrons. The number of nitrogens with zero attached hydrogens (tertiary/aromatic N) is 1. The zero-order valence-corrected chi connectivity index (χ0v) is 15.3. The van der Waals surface area contributed by atoms with Crippen LogP contribution in [0, 0.1) is 12.8 Å². The minimum atomic E-state index is -0.480. The van der Waals surface area contributed by atoms with Crippen molar-refractivity contribution in [3.63, 3.8) is 0 Å². The Morgan fingerprint density at radius 3 is 2.88 bits per heavy atom. The van der Waals surface area contributed by atoms with Crippen LogP contribution in [0.25, 0.3) is 11.1 Å². The van der Waals surface area contributed by atoms with Crippen molar-refractivity contribution >= 4 is 34.3 Å². The van der Waals surface area contributed by atoms with Gasteiger partial charge in [0.05, 0.1) is 23.5 Å².